The third-order valence-electron chi connectivity index (χ3n) is 11.2. The molecule has 1 amide bonds. The molecule has 5 atom stereocenters. The molecule has 0 radical (unpaired) electrons. The molecule has 0 saturated heterocycles. The lowest BCUT2D eigenvalue weighted by molar-refractivity contribution is -0.123. The van der Waals surface area contributed by atoms with Crippen molar-refractivity contribution >= 4 is 62.5 Å². The van der Waals surface area contributed by atoms with Gasteiger partial charge in [0, 0.05) is 29.5 Å². The highest BCUT2D eigenvalue weighted by Gasteiger charge is 2.67. The molecule has 2 heterocycles. The van der Waals surface area contributed by atoms with Gasteiger partial charge in [-0.1, -0.05) is 29.8 Å². The van der Waals surface area contributed by atoms with Crippen LogP contribution in [0.25, 0.3) is 27.7 Å². The lowest BCUT2D eigenvalue weighted by Crippen LogP contribution is -2.38. The largest absolute Gasteiger partial charge is 0.612 e. The third kappa shape index (κ3) is 9.43. The molecule has 4 aromatic carbocycles. The number of benzene rings is 4. The molecular weight excluding hydrogens is 963 g/mol. The summed E-state index contributed by atoms with van der Waals surface area (Å²) in [6.07, 6.45) is -6.40. The molecular formula is C43H34ClF9N8O4S2. The van der Waals surface area contributed by atoms with Crippen molar-refractivity contribution in [3.05, 3.63) is 134 Å². The van der Waals surface area contributed by atoms with E-state index in [1.807, 2.05) is 0 Å². The Morgan fingerprint density at radius 2 is 1.73 bits per heavy atom. The van der Waals surface area contributed by atoms with E-state index in [2.05, 4.69) is 20.5 Å². The molecule has 2 aliphatic carbocycles. The van der Waals surface area contributed by atoms with E-state index >= 15 is 13.6 Å². The third-order valence-corrected chi connectivity index (χ3v) is 13.0. The second-order valence-electron chi connectivity index (χ2n) is 15.8. The van der Waals surface area contributed by atoms with E-state index in [0.29, 0.717) is 26.8 Å². The molecule has 352 valence electrons. The monoisotopic (exact) mass is 996 g/mol. The van der Waals surface area contributed by atoms with Crippen LogP contribution in [0.4, 0.5) is 45.2 Å². The van der Waals surface area contributed by atoms with Crippen LogP contribution in [0.2, 0.25) is 5.02 Å². The summed E-state index contributed by atoms with van der Waals surface area (Å²) in [6, 6.07) is 13.4. The van der Waals surface area contributed by atoms with Crippen LogP contribution >= 0.6 is 11.6 Å². The Kier molecular flexibility index (Phi) is 12.9. The van der Waals surface area contributed by atoms with Crippen molar-refractivity contribution in [2.75, 3.05) is 24.4 Å². The number of rotatable bonds is 14. The fourth-order valence-electron chi connectivity index (χ4n) is 8.48. The number of carbonyl (C=O) groups excluding carboxylic acids is 1. The zero-order valence-electron chi connectivity index (χ0n) is 34.6. The number of amides is 1. The van der Waals surface area contributed by atoms with Gasteiger partial charge in [-0.15, -0.1) is 0 Å². The maximum absolute atomic E-state index is 15.6. The van der Waals surface area contributed by atoms with Gasteiger partial charge in [0.25, 0.3) is 17.9 Å². The van der Waals surface area contributed by atoms with Gasteiger partial charge in [-0.2, -0.15) is 31.8 Å². The second kappa shape index (κ2) is 18.1. The number of anilines is 1. The maximum Gasteiger partial charge on any atom is 0.405 e. The smallest absolute Gasteiger partial charge is 0.405 e. The molecule has 2 aliphatic rings. The van der Waals surface area contributed by atoms with E-state index in [9.17, 15) is 44.6 Å². The number of hydrogen-bond acceptors (Lipinski definition) is 8. The molecule has 0 bridgehead atoms. The number of alkyl halides is 7. The van der Waals surface area contributed by atoms with Crippen molar-refractivity contribution < 1.29 is 53.4 Å². The topological polar surface area (TPSA) is 176 Å². The molecule has 5 unspecified atom stereocenters. The first-order valence-corrected chi connectivity index (χ1v) is 23.4. The SMILES string of the molecule is C[S+]([O-])NC(=N)c1c(Cl)ccc(-n2c(C(Cc3cc(F)cc(F)c3)NC(=O)Cn3nc(C(F)F)c4c3C(F)(F)C3CC43)nc3cc(-c4ccccc4[S+](C)[O-])ccc3c2=O)c1NCC(F)(F)F. The number of aromatic nitrogens is 4. The Labute approximate surface area is 384 Å². The summed E-state index contributed by atoms with van der Waals surface area (Å²) in [5, 5.41) is 16.5. The van der Waals surface area contributed by atoms with Crippen LogP contribution in [-0.4, -0.2) is 65.4 Å². The maximum atomic E-state index is 15.6. The Balaban J connectivity index is 1.37. The van der Waals surface area contributed by atoms with Crippen LogP contribution in [0, 0.1) is 23.0 Å². The van der Waals surface area contributed by atoms with Crippen molar-refractivity contribution in [2.24, 2.45) is 5.92 Å². The van der Waals surface area contributed by atoms with Gasteiger partial charge in [0.05, 0.1) is 50.3 Å². The number of fused-ring (bicyclic) bond motifs is 4. The Bertz CT molecular complexity index is 3000. The molecule has 6 aromatic rings. The zero-order chi connectivity index (χ0) is 48.4. The summed E-state index contributed by atoms with van der Waals surface area (Å²) in [4.78, 5) is 34.4. The first-order valence-electron chi connectivity index (χ1n) is 19.9. The van der Waals surface area contributed by atoms with Gasteiger partial charge < -0.3 is 19.7 Å². The van der Waals surface area contributed by atoms with Gasteiger partial charge in [-0.3, -0.25) is 24.2 Å². The second-order valence-corrected chi connectivity index (χ2v) is 18.7. The van der Waals surface area contributed by atoms with E-state index in [1.165, 1.54) is 24.5 Å². The van der Waals surface area contributed by atoms with Crippen LogP contribution in [-0.2, 0) is 46.2 Å². The Morgan fingerprint density at radius 3 is 2.39 bits per heavy atom. The Morgan fingerprint density at radius 1 is 1.03 bits per heavy atom. The van der Waals surface area contributed by atoms with Gasteiger partial charge in [-0.25, -0.2) is 22.5 Å². The molecule has 1 saturated carbocycles. The number of carbonyl (C=O) groups is 1. The normalized spacial score (nSPS) is 17.5. The first kappa shape index (κ1) is 47.7. The van der Waals surface area contributed by atoms with Crippen molar-refractivity contribution in [3.63, 3.8) is 0 Å². The average Bonchev–Trinajstić information content (AvgIpc) is 3.90. The first-order chi connectivity index (χ1) is 31.5. The van der Waals surface area contributed by atoms with E-state index in [0.717, 1.165) is 35.1 Å². The minimum absolute atomic E-state index is 0.0727. The van der Waals surface area contributed by atoms with Gasteiger partial charge >= 0.3 is 6.18 Å². The van der Waals surface area contributed by atoms with Crippen LogP contribution in [0.1, 0.15) is 58.7 Å². The van der Waals surface area contributed by atoms with Crippen LogP contribution in [0.15, 0.2) is 82.5 Å². The summed E-state index contributed by atoms with van der Waals surface area (Å²) >= 11 is 2.96. The highest BCUT2D eigenvalue weighted by Crippen LogP contribution is 2.68. The minimum Gasteiger partial charge on any atom is -0.612 e. The molecule has 1 fully saturated rings. The molecule has 12 nitrogen and oxygen atoms in total. The molecule has 24 heteroatoms. The number of nitrogens with one attached hydrogen (secondary N) is 4. The van der Waals surface area contributed by atoms with Gasteiger partial charge in [0.15, 0.2) is 10.7 Å². The summed E-state index contributed by atoms with van der Waals surface area (Å²) in [5.74, 6) is -10.5. The fraction of sp³-hybridized carbons (Fsp3) is 0.279. The number of halogens is 10. The zero-order valence-corrected chi connectivity index (χ0v) is 37.0. The molecule has 0 spiro atoms. The summed E-state index contributed by atoms with van der Waals surface area (Å²) in [6.45, 7) is -2.90. The van der Waals surface area contributed by atoms with Crippen molar-refractivity contribution in [3.8, 4) is 16.8 Å². The molecule has 0 aliphatic heterocycles. The van der Waals surface area contributed by atoms with Crippen LogP contribution in [0.3, 0.4) is 0 Å². The molecule has 2 aromatic heterocycles. The van der Waals surface area contributed by atoms with Crippen molar-refractivity contribution in [1.29, 1.82) is 5.41 Å². The van der Waals surface area contributed by atoms with Crippen molar-refractivity contribution in [1.82, 2.24) is 29.4 Å². The van der Waals surface area contributed by atoms with E-state index in [4.69, 9.17) is 22.0 Å². The van der Waals surface area contributed by atoms with Gasteiger partial charge in [-0.05, 0) is 83.2 Å². The van der Waals surface area contributed by atoms with E-state index < -0.39 is 142 Å². The van der Waals surface area contributed by atoms with E-state index in [1.54, 1.807) is 24.3 Å². The summed E-state index contributed by atoms with van der Waals surface area (Å²) in [7, 11) is 0. The predicted octanol–water partition coefficient (Wildman–Crippen LogP) is 8.35. The summed E-state index contributed by atoms with van der Waals surface area (Å²) in [5.41, 5.74) is -4.36. The molecule has 8 rings (SSSR count). The van der Waals surface area contributed by atoms with Gasteiger partial charge in [0.1, 0.15) is 54.4 Å². The highest BCUT2D eigenvalue weighted by molar-refractivity contribution is 7.90. The van der Waals surface area contributed by atoms with Crippen LogP contribution < -0.4 is 20.9 Å². The lowest BCUT2D eigenvalue weighted by atomic mass is 10.0. The van der Waals surface area contributed by atoms with E-state index in [-0.39, 0.29) is 33.5 Å². The quantitative estimate of drug-likeness (QED) is 0.0365. The minimum atomic E-state index is -4.93. The molecule has 67 heavy (non-hydrogen) atoms. The van der Waals surface area contributed by atoms with Gasteiger partial charge in [0.2, 0.25) is 5.91 Å². The number of nitrogens with zero attached hydrogens (tertiary/aromatic N) is 4. The lowest BCUT2D eigenvalue weighted by Gasteiger charge is -2.26. The van der Waals surface area contributed by atoms with Crippen molar-refractivity contribution in [2.45, 2.75) is 54.8 Å². The highest BCUT2D eigenvalue weighted by atomic mass is 35.5. The number of hydrogen-bond donors (Lipinski definition) is 4. The predicted molar refractivity (Wildman–Crippen MR) is 232 cm³/mol. The number of amidine groups is 1. The standard InChI is InChI=1S/C43H34ClF9N8O4S2/c1-66(64)31-6-4-3-5-23(31)20-7-8-24-28(14-20)57-40(61(41(24)63)30-10-9-27(44)34(39(54)59-67(2)65)35(30)55-18-42(49,50)51)29(13-19-11-21(45)15-22(46)12-19)56-32(62)17-60-37-33(36(58-60)38(47)48)25-16-26(25)43(37,52)53/h3-12,14-15,25-26,29,38,55H,13,16-18H2,1-2H3,(H2,54,59)(H,56,62). The molecule has 4 N–H and O–H groups in total. The average molecular weight is 997 g/mol. The fourth-order valence-corrected chi connectivity index (χ4v) is 9.88. The van der Waals surface area contributed by atoms with Crippen LogP contribution in [0.5, 0.6) is 0 Å². The Hall–Kier alpha value is -5.75. The summed E-state index contributed by atoms with van der Waals surface area (Å²) < 4.78 is 160.